The van der Waals surface area contributed by atoms with E-state index in [4.69, 9.17) is 20.8 Å². The Kier molecular flexibility index (Phi) is 41.8. The van der Waals surface area contributed by atoms with Crippen molar-refractivity contribution in [2.24, 2.45) is 5.11 Å². The van der Waals surface area contributed by atoms with Crippen LogP contribution in [0.1, 0.15) is 174 Å². The standard InChI is InChI=1S/C22H36O4S.C15H29N3O.N3.Na/c1-20-15-17-22(18-16-20)27(24,25)26-19-13-11-9-7-5-3-4-6-8-10-12-14-21(2)23;1-15(19)13-11-9-7-5-3-2-4-6-8-10-12-14-17-18-16;1-3-2;/h15-18H,3-14,19H2,1-2H3;2-14H2,1H3;;/q;;-1;+1. The first kappa shape index (κ1) is 52.5. The van der Waals surface area contributed by atoms with E-state index in [0.717, 1.165) is 56.9 Å². The van der Waals surface area contributed by atoms with Crippen molar-refractivity contribution in [3.8, 4) is 0 Å². The molecule has 0 aromatic heterocycles. The second-order valence-electron chi connectivity index (χ2n) is 12.8. The first-order valence-corrected chi connectivity index (χ1v) is 20.0. The minimum atomic E-state index is -3.62. The zero-order valence-corrected chi connectivity index (χ0v) is 34.6. The molecule has 0 atom stereocenters. The van der Waals surface area contributed by atoms with E-state index in [1.54, 1.807) is 38.1 Å². The number of rotatable bonds is 30. The normalized spacial score (nSPS) is 10.3. The average molecular weight is 729 g/mol. The molecule has 0 saturated carbocycles. The molecule has 1 aromatic rings. The molecule has 1 aromatic carbocycles. The van der Waals surface area contributed by atoms with Crippen LogP contribution in [0.4, 0.5) is 0 Å². The van der Waals surface area contributed by atoms with Crippen molar-refractivity contribution in [3.05, 3.63) is 56.2 Å². The number of benzene rings is 1. The monoisotopic (exact) mass is 728 g/mol. The third-order valence-corrected chi connectivity index (χ3v) is 9.40. The number of hydrogen-bond donors (Lipinski definition) is 0. The summed E-state index contributed by atoms with van der Waals surface area (Å²) in [6.07, 6.45) is 27.8. The van der Waals surface area contributed by atoms with E-state index in [1.807, 2.05) is 6.92 Å². The van der Waals surface area contributed by atoms with Gasteiger partial charge in [0.25, 0.3) is 10.1 Å². The predicted octanol–water partition coefficient (Wildman–Crippen LogP) is 9.41. The van der Waals surface area contributed by atoms with Crippen molar-refractivity contribution in [1.29, 1.82) is 0 Å². The van der Waals surface area contributed by atoms with Crippen molar-refractivity contribution >= 4 is 21.7 Å². The SMILES string of the molecule is CC(=O)CCCCCCCCCCCCCN=[N+]=[N-].CC(=O)CCCCCCCCCCCCCOS(=O)(=O)c1ccc(C)cc1.[N-]=[N+]=[N-].[Na+]. The first-order chi connectivity index (χ1) is 23.6. The molecule has 13 heteroatoms. The molecule has 0 aliphatic carbocycles. The Balaban J connectivity index is -0.000000845. The third-order valence-electron chi connectivity index (χ3n) is 8.07. The number of azide groups is 1. The molecule has 0 unspecified atom stereocenters. The summed E-state index contributed by atoms with van der Waals surface area (Å²) in [6.45, 7) is 6.17. The number of ketones is 2. The molecule has 0 bridgehead atoms. The van der Waals surface area contributed by atoms with Crippen LogP contribution in [-0.4, -0.2) is 33.1 Å². The maximum atomic E-state index is 12.0. The average Bonchev–Trinajstić information content (AvgIpc) is 3.05. The molecule has 0 spiro atoms. The van der Waals surface area contributed by atoms with Crippen molar-refractivity contribution < 1.29 is 51.7 Å². The summed E-state index contributed by atoms with van der Waals surface area (Å²) in [4.78, 5) is 26.0. The van der Waals surface area contributed by atoms with Gasteiger partial charge in [-0.05, 0) is 64.1 Å². The second kappa shape index (κ2) is 39.9. The maximum absolute atomic E-state index is 12.0. The van der Waals surface area contributed by atoms with Gasteiger partial charge in [-0.3, -0.25) is 9.09 Å². The summed E-state index contributed by atoms with van der Waals surface area (Å²) < 4.78 is 29.2. The summed E-state index contributed by atoms with van der Waals surface area (Å²) >= 11 is 0. The number of aryl methyl sites for hydroxylation is 1. The number of carbonyl (C=O) groups is 2. The molecule has 0 aliphatic rings. The van der Waals surface area contributed by atoms with Crippen LogP contribution in [0, 0.1) is 6.92 Å². The van der Waals surface area contributed by atoms with Crippen molar-refractivity contribution in [3.63, 3.8) is 0 Å². The van der Waals surface area contributed by atoms with Gasteiger partial charge >= 0.3 is 29.6 Å². The molecule has 11 nitrogen and oxygen atoms in total. The minimum absolute atomic E-state index is 0. The summed E-state index contributed by atoms with van der Waals surface area (Å²) in [5, 5.41) is 3.52. The van der Waals surface area contributed by atoms with Gasteiger partial charge in [-0.15, -0.1) is 0 Å². The maximum Gasteiger partial charge on any atom is 1.00 e. The van der Waals surface area contributed by atoms with E-state index >= 15 is 0 Å². The zero-order valence-electron chi connectivity index (χ0n) is 31.8. The van der Waals surface area contributed by atoms with Gasteiger partial charge in [-0.25, -0.2) is 0 Å². The van der Waals surface area contributed by atoms with Crippen LogP contribution in [0.5, 0.6) is 0 Å². The Labute approximate surface area is 325 Å². The van der Waals surface area contributed by atoms with E-state index in [1.165, 1.54) is 108 Å². The molecule has 280 valence electrons. The topological polar surface area (TPSA) is 185 Å². The fourth-order valence-electron chi connectivity index (χ4n) is 5.20. The van der Waals surface area contributed by atoms with Gasteiger partial charge in [0.1, 0.15) is 11.6 Å². The number of nitrogens with zero attached hydrogens (tertiary/aromatic N) is 6. The summed E-state index contributed by atoms with van der Waals surface area (Å²) in [5.41, 5.74) is 22.6. The molecule has 0 radical (unpaired) electrons. The second-order valence-corrected chi connectivity index (χ2v) is 14.4. The van der Waals surface area contributed by atoms with Crippen LogP contribution in [-0.2, 0) is 23.9 Å². The van der Waals surface area contributed by atoms with Crippen molar-refractivity contribution in [2.45, 2.75) is 180 Å². The third kappa shape index (κ3) is 40.5. The van der Waals surface area contributed by atoms with E-state index in [2.05, 4.69) is 10.0 Å². The first-order valence-electron chi connectivity index (χ1n) is 18.5. The van der Waals surface area contributed by atoms with Gasteiger partial charge in [0.2, 0.25) is 0 Å². The molecule has 0 saturated heterocycles. The Morgan fingerprint density at radius 1 is 0.600 bits per heavy atom. The molecule has 1 rings (SSSR count). The van der Waals surface area contributed by atoms with Crippen LogP contribution in [0.15, 0.2) is 34.3 Å². The number of carbonyl (C=O) groups excluding carboxylic acids is 2. The Hall–Kier alpha value is -1.91. The fraction of sp³-hybridized carbons (Fsp3) is 0.784. The minimum Gasteiger partial charge on any atom is -0.373 e. The molecule has 0 heterocycles. The zero-order chi connectivity index (χ0) is 36.9. The van der Waals surface area contributed by atoms with Crippen LogP contribution >= 0.6 is 0 Å². The van der Waals surface area contributed by atoms with Gasteiger partial charge in [-0.2, -0.15) is 8.42 Å². The molecule has 50 heavy (non-hydrogen) atoms. The van der Waals surface area contributed by atoms with Gasteiger partial charge in [0.05, 0.1) is 11.5 Å². The number of hydrogen-bond acceptors (Lipinski definition) is 6. The quantitative estimate of drug-likeness (QED) is 0.0190. The largest absolute Gasteiger partial charge is 1.00 e. The van der Waals surface area contributed by atoms with E-state index in [-0.39, 0.29) is 41.1 Å². The molecule has 0 amide bonds. The Bertz CT molecular complexity index is 1130. The van der Waals surface area contributed by atoms with Crippen LogP contribution < -0.4 is 29.6 Å². The summed E-state index contributed by atoms with van der Waals surface area (Å²) in [7, 11) is -3.62. The van der Waals surface area contributed by atoms with Crippen LogP contribution in [0.2, 0.25) is 0 Å². The van der Waals surface area contributed by atoms with Gasteiger partial charge in [0, 0.05) is 24.3 Å². The van der Waals surface area contributed by atoms with Gasteiger partial charge in [-0.1, -0.05) is 138 Å². The summed E-state index contributed by atoms with van der Waals surface area (Å²) in [5.74, 6) is 0.619. The van der Waals surface area contributed by atoms with Crippen LogP contribution in [0.25, 0.3) is 26.4 Å². The molecule has 0 aliphatic heterocycles. The van der Waals surface area contributed by atoms with Gasteiger partial charge in [0.15, 0.2) is 0 Å². The van der Waals surface area contributed by atoms with E-state index in [9.17, 15) is 18.0 Å². The molecule has 0 fully saturated rings. The Morgan fingerprint density at radius 2 is 0.920 bits per heavy atom. The van der Waals surface area contributed by atoms with Crippen LogP contribution in [0.3, 0.4) is 0 Å². The van der Waals surface area contributed by atoms with Gasteiger partial charge < -0.3 is 20.7 Å². The van der Waals surface area contributed by atoms with E-state index in [0.29, 0.717) is 18.1 Å². The fourth-order valence-corrected chi connectivity index (χ4v) is 6.14. The molecule has 0 N–H and O–H groups in total. The predicted molar refractivity (Wildman–Crippen MR) is 201 cm³/mol. The molecular formula is C37H65N6NaO5S. The molecular weight excluding hydrogens is 664 g/mol. The van der Waals surface area contributed by atoms with Crippen molar-refractivity contribution in [2.75, 3.05) is 13.2 Å². The number of Topliss-reactive ketones (excluding diaryl/α,β-unsaturated/α-hetero) is 2. The Morgan fingerprint density at radius 3 is 1.26 bits per heavy atom. The summed E-state index contributed by atoms with van der Waals surface area (Å²) in [6, 6.07) is 6.74. The van der Waals surface area contributed by atoms with E-state index < -0.39 is 10.1 Å². The number of unbranched alkanes of at least 4 members (excludes halogenated alkanes) is 20. The smallest absolute Gasteiger partial charge is 0.373 e. The van der Waals surface area contributed by atoms with Crippen molar-refractivity contribution in [1.82, 2.24) is 0 Å².